The minimum atomic E-state index is -4.45. The summed E-state index contributed by atoms with van der Waals surface area (Å²) in [6, 6.07) is 0. The van der Waals surface area contributed by atoms with Crippen molar-refractivity contribution in [3.63, 3.8) is 0 Å². The van der Waals surface area contributed by atoms with Crippen LogP contribution in [-0.2, 0) is 0 Å². The van der Waals surface area contributed by atoms with Gasteiger partial charge < -0.3 is 15.3 Å². The number of aliphatic hydroxyl groups excluding tert-OH is 1. The summed E-state index contributed by atoms with van der Waals surface area (Å²) in [7, 11) is 0. The van der Waals surface area contributed by atoms with E-state index in [9.17, 15) is 18.3 Å². The van der Waals surface area contributed by atoms with E-state index in [1.54, 1.807) is 11.8 Å². The largest absolute Gasteiger partial charge is 0.427 e. The lowest BCUT2D eigenvalue weighted by atomic mass is 9.88. The van der Waals surface area contributed by atoms with Crippen molar-refractivity contribution in [2.45, 2.75) is 80.4 Å². The van der Waals surface area contributed by atoms with Gasteiger partial charge in [-0.05, 0) is 44.3 Å². The number of rotatable bonds is 2. The van der Waals surface area contributed by atoms with Crippen LogP contribution in [0, 0.1) is 5.92 Å². The molecule has 0 bridgehead atoms. The molecule has 1 saturated carbocycles. The molecule has 0 aromatic carbocycles. The Bertz CT molecular complexity index is 637. The Balaban J connectivity index is 1.70. The molecule has 0 radical (unpaired) electrons. The van der Waals surface area contributed by atoms with E-state index in [2.05, 4.69) is 5.32 Å². The Morgan fingerprint density at radius 2 is 1.96 bits per heavy atom. The van der Waals surface area contributed by atoms with E-state index in [0.29, 0.717) is 22.4 Å². The molecule has 0 amide bonds. The predicted molar refractivity (Wildman–Crippen MR) is 105 cm³/mol. The Morgan fingerprint density at radius 3 is 2.70 bits per heavy atom. The lowest BCUT2D eigenvalue weighted by Crippen LogP contribution is -2.61. The fraction of sp³-hybridized carbons (Fsp3) is 0.789. The van der Waals surface area contributed by atoms with E-state index < -0.39 is 18.6 Å². The number of allylic oxidation sites excluding steroid dienone is 1. The fourth-order valence-corrected chi connectivity index (χ4v) is 7.20. The van der Waals surface area contributed by atoms with E-state index in [1.165, 1.54) is 23.1 Å². The van der Waals surface area contributed by atoms with E-state index in [-0.39, 0.29) is 11.2 Å². The second kappa shape index (κ2) is 7.75. The maximum Gasteiger partial charge on any atom is 0.427 e. The smallest absolute Gasteiger partial charge is 0.369 e. The highest BCUT2D eigenvalue weighted by atomic mass is 32.2. The molecule has 8 heteroatoms. The lowest BCUT2D eigenvalue weighted by molar-refractivity contribution is -0.205. The molecule has 152 valence electrons. The van der Waals surface area contributed by atoms with Crippen molar-refractivity contribution in [1.82, 2.24) is 10.2 Å². The number of hydrogen-bond acceptors (Lipinski definition) is 5. The molecule has 3 nitrogen and oxygen atoms in total. The molecule has 0 saturated heterocycles. The molecule has 0 aromatic rings. The topological polar surface area (TPSA) is 35.5 Å². The highest BCUT2D eigenvalue weighted by molar-refractivity contribution is 8.03. The molecule has 2 aliphatic carbocycles. The predicted octanol–water partition coefficient (Wildman–Crippen LogP) is 4.81. The highest BCUT2D eigenvalue weighted by Gasteiger charge is 2.54. The summed E-state index contributed by atoms with van der Waals surface area (Å²) in [5.74, 6) is 0.187. The first kappa shape index (κ1) is 19.8. The molecule has 2 heterocycles. The zero-order chi connectivity index (χ0) is 19.2. The van der Waals surface area contributed by atoms with Crippen LogP contribution in [0.2, 0.25) is 0 Å². The van der Waals surface area contributed by atoms with Crippen molar-refractivity contribution >= 4 is 23.5 Å². The Kier molecular flexibility index (Phi) is 5.69. The maximum absolute atomic E-state index is 13.9. The molecule has 4 aliphatic rings. The summed E-state index contributed by atoms with van der Waals surface area (Å²) in [5.41, 5.74) is 1.44. The summed E-state index contributed by atoms with van der Waals surface area (Å²) in [6.45, 7) is 0. The van der Waals surface area contributed by atoms with Crippen molar-refractivity contribution in [2.75, 3.05) is 6.26 Å². The molecule has 2 N–H and O–H groups in total. The van der Waals surface area contributed by atoms with Gasteiger partial charge in [-0.2, -0.15) is 24.9 Å². The number of fused-ring (bicyclic) bond motifs is 2. The summed E-state index contributed by atoms with van der Waals surface area (Å²) < 4.78 is 41.7. The van der Waals surface area contributed by atoms with Crippen LogP contribution in [0.4, 0.5) is 13.2 Å². The number of thioether (sulfide) groups is 2. The molecule has 2 aliphatic heterocycles. The number of hydrogen-bond donors (Lipinski definition) is 2. The number of nitrogens with one attached hydrogen (secondary N) is 1. The SMILES string of the molecule is CSC1C=C(N2C(O)C3=C(NC2C(F)(F)F)S[C@H]2CCCCCC32)CCC1. The first-order valence-corrected chi connectivity index (χ1v) is 12.0. The van der Waals surface area contributed by atoms with Crippen LogP contribution in [0.1, 0.15) is 51.4 Å². The van der Waals surface area contributed by atoms with Crippen molar-refractivity contribution in [3.05, 3.63) is 22.4 Å². The summed E-state index contributed by atoms with van der Waals surface area (Å²) in [4.78, 5) is 1.23. The quantitative estimate of drug-likeness (QED) is 0.671. The second-order valence-electron chi connectivity index (χ2n) is 7.88. The van der Waals surface area contributed by atoms with E-state index in [0.717, 1.165) is 44.1 Å². The van der Waals surface area contributed by atoms with Gasteiger partial charge in [0.25, 0.3) is 0 Å². The Morgan fingerprint density at radius 1 is 1.19 bits per heavy atom. The molecule has 1 fully saturated rings. The third kappa shape index (κ3) is 3.73. The van der Waals surface area contributed by atoms with Gasteiger partial charge in [0, 0.05) is 21.8 Å². The molecular formula is C19H27F3N2OS2. The van der Waals surface area contributed by atoms with Crippen molar-refractivity contribution in [2.24, 2.45) is 5.92 Å². The van der Waals surface area contributed by atoms with E-state index in [4.69, 9.17) is 0 Å². The van der Waals surface area contributed by atoms with Crippen LogP contribution in [-0.4, -0.2) is 45.3 Å². The minimum Gasteiger partial charge on any atom is -0.369 e. The van der Waals surface area contributed by atoms with Crippen LogP contribution >= 0.6 is 23.5 Å². The number of halogens is 3. The summed E-state index contributed by atoms with van der Waals surface area (Å²) >= 11 is 3.19. The average molecular weight is 421 g/mol. The van der Waals surface area contributed by atoms with Crippen LogP contribution in [0.5, 0.6) is 0 Å². The van der Waals surface area contributed by atoms with Gasteiger partial charge >= 0.3 is 6.18 Å². The van der Waals surface area contributed by atoms with Crippen molar-refractivity contribution in [3.8, 4) is 0 Å². The third-order valence-electron chi connectivity index (χ3n) is 6.22. The second-order valence-corrected chi connectivity index (χ2v) is 10.2. The van der Waals surface area contributed by atoms with E-state index in [1.807, 2.05) is 12.3 Å². The first-order valence-electron chi connectivity index (χ1n) is 9.84. The standard InChI is InChI=1S/C19H27F3N2OS2/c1-26-12-7-5-6-11(10-12)24-17(25)15-13-8-3-2-4-9-14(13)27-16(15)23-18(24)19(20,21)22/h10,12-14,17-18,23,25H,2-9H2,1H3/t12?,13?,14-,17?,18?/m0/s1. The summed E-state index contributed by atoms with van der Waals surface area (Å²) in [6.07, 6.45) is 4.24. The van der Waals surface area contributed by atoms with Crippen LogP contribution in [0.15, 0.2) is 22.4 Å². The fourth-order valence-electron chi connectivity index (χ4n) is 4.90. The van der Waals surface area contributed by atoms with Crippen LogP contribution < -0.4 is 5.32 Å². The molecule has 27 heavy (non-hydrogen) atoms. The first-order chi connectivity index (χ1) is 12.9. The Hall–Kier alpha value is -0.470. The minimum absolute atomic E-state index is 0.187. The maximum atomic E-state index is 13.9. The number of alkyl halides is 3. The monoisotopic (exact) mass is 420 g/mol. The zero-order valence-electron chi connectivity index (χ0n) is 15.5. The molecule has 4 unspecified atom stereocenters. The normalized spacial score (nSPS) is 37.3. The van der Waals surface area contributed by atoms with Gasteiger partial charge in [0.1, 0.15) is 0 Å². The average Bonchev–Trinajstić information content (AvgIpc) is 2.83. The van der Waals surface area contributed by atoms with Gasteiger partial charge in [-0.15, -0.1) is 11.8 Å². The van der Waals surface area contributed by atoms with Gasteiger partial charge in [-0.25, -0.2) is 0 Å². The number of nitrogens with zero attached hydrogens (tertiary/aromatic N) is 1. The molecular weight excluding hydrogens is 393 g/mol. The molecule has 0 spiro atoms. The number of aliphatic hydroxyl groups is 1. The van der Waals surface area contributed by atoms with Gasteiger partial charge in [0.05, 0.1) is 5.03 Å². The van der Waals surface area contributed by atoms with Gasteiger partial charge in [-0.3, -0.25) is 0 Å². The van der Waals surface area contributed by atoms with Gasteiger partial charge in [-0.1, -0.05) is 25.3 Å². The third-order valence-corrected chi connectivity index (χ3v) is 8.65. The Labute approximate surface area is 167 Å². The van der Waals surface area contributed by atoms with Crippen molar-refractivity contribution < 1.29 is 18.3 Å². The van der Waals surface area contributed by atoms with Crippen molar-refractivity contribution in [1.29, 1.82) is 0 Å². The summed E-state index contributed by atoms with van der Waals surface area (Å²) in [5, 5.41) is 15.1. The molecule has 4 rings (SSSR count). The van der Waals surface area contributed by atoms with Gasteiger partial charge in [0.2, 0.25) is 6.17 Å². The van der Waals surface area contributed by atoms with Crippen LogP contribution in [0.25, 0.3) is 0 Å². The molecule has 0 aromatic heterocycles. The zero-order valence-corrected chi connectivity index (χ0v) is 17.1. The lowest BCUT2D eigenvalue weighted by Gasteiger charge is -2.46. The van der Waals surface area contributed by atoms with E-state index >= 15 is 0 Å². The van der Waals surface area contributed by atoms with Crippen LogP contribution in [0.3, 0.4) is 0 Å². The molecule has 5 atom stereocenters. The highest BCUT2D eigenvalue weighted by Crippen LogP contribution is 2.52. The van der Waals surface area contributed by atoms with Gasteiger partial charge in [0.15, 0.2) is 6.23 Å².